The highest BCUT2D eigenvalue weighted by Crippen LogP contribution is 2.19. The molecular weight excluding hydrogens is 282 g/mol. The van der Waals surface area contributed by atoms with Gasteiger partial charge in [-0.2, -0.15) is 0 Å². The van der Waals surface area contributed by atoms with Crippen molar-refractivity contribution in [1.82, 2.24) is 5.32 Å². The van der Waals surface area contributed by atoms with E-state index in [1.165, 1.54) is 0 Å². The van der Waals surface area contributed by atoms with Crippen molar-refractivity contribution >= 4 is 21.8 Å². The van der Waals surface area contributed by atoms with Crippen LogP contribution in [0.5, 0.6) is 0 Å². The summed E-state index contributed by atoms with van der Waals surface area (Å²) in [7, 11) is 0. The number of alkyl halides is 1. The molecule has 1 fully saturated rings. The van der Waals surface area contributed by atoms with Crippen LogP contribution >= 0.6 is 15.9 Å². The van der Waals surface area contributed by atoms with E-state index in [1.54, 1.807) is 0 Å². The molecule has 2 atom stereocenters. The highest BCUT2D eigenvalue weighted by molar-refractivity contribution is 9.09. The van der Waals surface area contributed by atoms with Gasteiger partial charge in [-0.1, -0.05) is 42.6 Å². The van der Waals surface area contributed by atoms with Gasteiger partial charge in [-0.15, -0.1) is 0 Å². The van der Waals surface area contributed by atoms with Gasteiger partial charge in [0.2, 0.25) is 5.91 Å². The number of amides is 1. The Hall–Kier alpha value is -0.0900. The SMILES string of the molecule is CCC(CC)C(Br)CNC(=O)CC1CCCO1. The molecule has 1 saturated heterocycles. The molecule has 1 heterocycles. The molecule has 0 aliphatic carbocycles. The summed E-state index contributed by atoms with van der Waals surface area (Å²) in [6.45, 7) is 5.91. The van der Waals surface area contributed by atoms with Gasteiger partial charge in [0.25, 0.3) is 0 Å². The first-order chi connectivity index (χ1) is 8.17. The van der Waals surface area contributed by atoms with Gasteiger partial charge in [-0.3, -0.25) is 4.79 Å². The van der Waals surface area contributed by atoms with E-state index in [0.29, 0.717) is 17.2 Å². The zero-order chi connectivity index (χ0) is 12.7. The fourth-order valence-corrected chi connectivity index (χ4v) is 3.17. The van der Waals surface area contributed by atoms with Crippen molar-refractivity contribution in [2.75, 3.05) is 13.2 Å². The van der Waals surface area contributed by atoms with Crippen LogP contribution in [0.25, 0.3) is 0 Å². The molecule has 3 nitrogen and oxygen atoms in total. The van der Waals surface area contributed by atoms with Gasteiger partial charge in [-0.05, 0) is 18.8 Å². The number of hydrogen-bond donors (Lipinski definition) is 1. The summed E-state index contributed by atoms with van der Waals surface area (Å²) >= 11 is 3.66. The summed E-state index contributed by atoms with van der Waals surface area (Å²) in [5.74, 6) is 0.755. The predicted molar refractivity (Wildman–Crippen MR) is 73.4 cm³/mol. The van der Waals surface area contributed by atoms with Crippen molar-refractivity contribution in [3.8, 4) is 0 Å². The van der Waals surface area contributed by atoms with Gasteiger partial charge in [0, 0.05) is 18.0 Å². The van der Waals surface area contributed by atoms with Crippen LogP contribution in [0.3, 0.4) is 0 Å². The molecule has 0 radical (unpaired) electrons. The highest BCUT2D eigenvalue weighted by Gasteiger charge is 2.20. The molecule has 0 bridgehead atoms. The Morgan fingerprint density at radius 2 is 2.18 bits per heavy atom. The molecule has 0 aromatic heterocycles. The lowest BCUT2D eigenvalue weighted by molar-refractivity contribution is -0.123. The molecule has 2 unspecified atom stereocenters. The number of hydrogen-bond acceptors (Lipinski definition) is 2. The topological polar surface area (TPSA) is 38.3 Å². The van der Waals surface area contributed by atoms with E-state index in [1.807, 2.05) is 0 Å². The van der Waals surface area contributed by atoms with Crippen LogP contribution in [-0.2, 0) is 9.53 Å². The van der Waals surface area contributed by atoms with E-state index >= 15 is 0 Å². The molecule has 4 heteroatoms. The fourth-order valence-electron chi connectivity index (χ4n) is 2.26. The number of halogens is 1. The van der Waals surface area contributed by atoms with Gasteiger partial charge in [0.15, 0.2) is 0 Å². The highest BCUT2D eigenvalue weighted by atomic mass is 79.9. The first-order valence-corrected chi connectivity index (χ1v) is 7.61. The number of ether oxygens (including phenoxy) is 1. The normalized spacial score (nSPS) is 21.8. The quantitative estimate of drug-likeness (QED) is 0.735. The first-order valence-electron chi connectivity index (χ1n) is 6.69. The molecule has 0 aromatic carbocycles. The second-order valence-corrected chi connectivity index (χ2v) is 5.91. The third-order valence-electron chi connectivity index (χ3n) is 3.49. The first kappa shape index (κ1) is 15.0. The number of nitrogens with one attached hydrogen (secondary N) is 1. The number of carbonyl (C=O) groups is 1. The van der Waals surface area contributed by atoms with Gasteiger partial charge in [0.05, 0.1) is 12.5 Å². The summed E-state index contributed by atoms with van der Waals surface area (Å²) in [4.78, 5) is 12.1. The summed E-state index contributed by atoms with van der Waals surface area (Å²) in [6, 6.07) is 0. The third-order valence-corrected chi connectivity index (χ3v) is 4.56. The Labute approximate surface area is 113 Å². The minimum absolute atomic E-state index is 0.118. The van der Waals surface area contributed by atoms with Crippen molar-refractivity contribution in [3.05, 3.63) is 0 Å². The summed E-state index contributed by atoms with van der Waals surface area (Å²) < 4.78 is 5.45. The van der Waals surface area contributed by atoms with E-state index in [-0.39, 0.29) is 12.0 Å². The van der Waals surface area contributed by atoms with Crippen LogP contribution in [0.2, 0.25) is 0 Å². The smallest absolute Gasteiger partial charge is 0.222 e. The van der Waals surface area contributed by atoms with Gasteiger partial charge >= 0.3 is 0 Å². The number of rotatable bonds is 7. The lowest BCUT2D eigenvalue weighted by Gasteiger charge is -2.20. The summed E-state index contributed by atoms with van der Waals surface area (Å²) in [6.07, 6.45) is 5.08. The van der Waals surface area contributed by atoms with Crippen LogP contribution < -0.4 is 5.32 Å². The second kappa shape index (κ2) is 8.09. The maximum Gasteiger partial charge on any atom is 0.222 e. The molecule has 1 rings (SSSR count). The Morgan fingerprint density at radius 1 is 1.47 bits per heavy atom. The zero-order valence-electron chi connectivity index (χ0n) is 10.9. The second-order valence-electron chi connectivity index (χ2n) is 4.74. The van der Waals surface area contributed by atoms with Crippen molar-refractivity contribution < 1.29 is 9.53 Å². The summed E-state index contributed by atoms with van der Waals surface area (Å²) in [5, 5.41) is 2.99. The van der Waals surface area contributed by atoms with Crippen LogP contribution in [-0.4, -0.2) is 30.0 Å². The average molecular weight is 306 g/mol. The van der Waals surface area contributed by atoms with Gasteiger partial charge in [0.1, 0.15) is 0 Å². The molecule has 0 aromatic rings. The number of carbonyl (C=O) groups excluding carboxylic acids is 1. The van der Waals surface area contributed by atoms with E-state index < -0.39 is 0 Å². The van der Waals surface area contributed by atoms with Crippen molar-refractivity contribution in [2.45, 2.75) is 56.9 Å². The monoisotopic (exact) mass is 305 g/mol. The molecule has 0 saturated carbocycles. The molecule has 1 N–H and O–H groups in total. The molecule has 1 aliphatic heterocycles. The Bertz CT molecular complexity index is 225. The van der Waals surface area contributed by atoms with Crippen LogP contribution in [0.15, 0.2) is 0 Å². The van der Waals surface area contributed by atoms with E-state index in [4.69, 9.17) is 4.74 Å². The minimum Gasteiger partial charge on any atom is -0.378 e. The molecule has 100 valence electrons. The minimum atomic E-state index is 0.118. The van der Waals surface area contributed by atoms with Gasteiger partial charge < -0.3 is 10.1 Å². The van der Waals surface area contributed by atoms with Crippen molar-refractivity contribution in [3.63, 3.8) is 0 Å². The van der Waals surface area contributed by atoms with Gasteiger partial charge in [-0.25, -0.2) is 0 Å². The Balaban J connectivity index is 2.17. The largest absolute Gasteiger partial charge is 0.378 e. The molecule has 0 spiro atoms. The Kier molecular flexibility index (Phi) is 7.12. The average Bonchev–Trinajstić information content (AvgIpc) is 2.81. The summed E-state index contributed by atoms with van der Waals surface area (Å²) in [5.41, 5.74) is 0. The fraction of sp³-hybridized carbons (Fsp3) is 0.923. The van der Waals surface area contributed by atoms with Crippen LogP contribution in [0, 0.1) is 5.92 Å². The molecule has 17 heavy (non-hydrogen) atoms. The van der Waals surface area contributed by atoms with E-state index in [0.717, 1.165) is 38.8 Å². The van der Waals surface area contributed by atoms with E-state index in [9.17, 15) is 4.79 Å². The van der Waals surface area contributed by atoms with Crippen LogP contribution in [0.4, 0.5) is 0 Å². The van der Waals surface area contributed by atoms with Crippen molar-refractivity contribution in [1.29, 1.82) is 0 Å². The predicted octanol–water partition coefficient (Wildman–Crippen LogP) is 2.87. The lowest BCUT2D eigenvalue weighted by atomic mass is 9.99. The van der Waals surface area contributed by atoms with E-state index in [2.05, 4.69) is 35.1 Å². The maximum atomic E-state index is 11.7. The maximum absolute atomic E-state index is 11.7. The molecule has 1 amide bonds. The standard InChI is InChI=1S/C13H24BrNO2/c1-3-10(4-2)12(14)9-15-13(16)8-11-6-5-7-17-11/h10-12H,3-9H2,1-2H3,(H,15,16). The van der Waals surface area contributed by atoms with Crippen LogP contribution in [0.1, 0.15) is 46.0 Å². The molecule has 1 aliphatic rings. The van der Waals surface area contributed by atoms with Crippen molar-refractivity contribution in [2.24, 2.45) is 5.92 Å². The lowest BCUT2D eigenvalue weighted by Crippen LogP contribution is -2.34. The third kappa shape index (κ3) is 5.38. The zero-order valence-corrected chi connectivity index (χ0v) is 12.5. The Morgan fingerprint density at radius 3 is 2.71 bits per heavy atom. The molecular formula is C13H24BrNO2.